The lowest BCUT2D eigenvalue weighted by molar-refractivity contribution is -0.148. The Labute approximate surface area is 234 Å². The molecule has 0 aromatic heterocycles. The van der Waals surface area contributed by atoms with Gasteiger partial charge >= 0.3 is 0 Å². The average Bonchev–Trinajstić information content (AvgIpc) is 2.85. The molecule has 0 spiro atoms. The van der Waals surface area contributed by atoms with Gasteiger partial charge in [-0.25, -0.2) is 0 Å². The van der Waals surface area contributed by atoms with Gasteiger partial charge in [0, 0.05) is 37.8 Å². The molecule has 3 aliphatic rings. The van der Waals surface area contributed by atoms with Crippen LogP contribution >= 0.6 is 0 Å². The molecule has 4 rings (SSSR count). The van der Waals surface area contributed by atoms with Gasteiger partial charge in [0.15, 0.2) is 11.4 Å². The molecule has 0 saturated carbocycles. The highest BCUT2D eigenvalue weighted by molar-refractivity contribution is 6.24. The zero-order valence-electron chi connectivity index (χ0n) is 24.0. The largest absolute Gasteiger partial charge is 0.510 e. The molecule has 11 heteroatoms. The summed E-state index contributed by atoms with van der Waals surface area (Å²) in [6.07, 6.45) is 1.27. The Morgan fingerprint density at radius 3 is 2.30 bits per heavy atom. The summed E-state index contributed by atoms with van der Waals surface area (Å²) in [7, 11) is 6.96. The van der Waals surface area contributed by atoms with Crippen LogP contribution in [0, 0.1) is 11.8 Å². The van der Waals surface area contributed by atoms with E-state index in [0.29, 0.717) is 12.1 Å². The fourth-order valence-corrected chi connectivity index (χ4v) is 6.96. The molecule has 6 N–H and O–H groups in total. The Bertz CT molecular complexity index is 1330. The molecule has 1 aromatic carbocycles. The van der Waals surface area contributed by atoms with Crippen LogP contribution in [0.4, 0.5) is 5.69 Å². The number of carbonyl (C=O) groups excluding carboxylic acids is 3. The van der Waals surface area contributed by atoms with E-state index in [2.05, 4.69) is 18.7 Å². The second kappa shape index (κ2) is 10.5. The fourth-order valence-electron chi connectivity index (χ4n) is 6.96. The van der Waals surface area contributed by atoms with Crippen molar-refractivity contribution in [2.45, 2.75) is 51.3 Å². The molecule has 218 valence electrons. The molecule has 0 unspecified atom stereocenters. The van der Waals surface area contributed by atoms with Crippen LogP contribution < -0.4 is 10.6 Å². The number of nitrogens with two attached hydrogens (primary N) is 1. The summed E-state index contributed by atoms with van der Waals surface area (Å²) in [5.41, 5.74) is 4.08. The van der Waals surface area contributed by atoms with E-state index < -0.39 is 58.0 Å². The van der Waals surface area contributed by atoms with Gasteiger partial charge in [0.1, 0.15) is 22.8 Å². The van der Waals surface area contributed by atoms with Gasteiger partial charge < -0.3 is 31.1 Å². The van der Waals surface area contributed by atoms with Crippen molar-refractivity contribution in [1.82, 2.24) is 9.80 Å². The molecule has 0 fully saturated rings. The maximum absolute atomic E-state index is 14.0. The number of phenols is 1. The molecule has 11 nitrogen and oxygen atoms in total. The minimum absolute atomic E-state index is 0.0202. The highest BCUT2D eigenvalue weighted by Crippen LogP contribution is 2.53. The van der Waals surface area contributed by atoms with Crippen LogP contribution in [0.5, 0.6) is 5.75 Å². The predicted molar refractivity (Wildman–Crippen MR) is 149 cm³/mol. The quantitative estimate of drug-likeness (QED) is 0.295. The van der Waals surface area contributed by atoms with Crippen molar-refractivity contribution < 1.29 is 34.8 Å². The Kier molecular flexibility index (Phi) is 7.78. The van der Waals surface area contributed by atoms with E-state index in [9.17, 15) is 34.8 Å². The van der Waals surface area contributed by atoms with Crippen molar-refractivity contribution in [3.63, 3.8) is 0 Å². The Hall–Kier alpha value is -3.41. The average molecular weight is 557 g/mol. The molecular weight excluding hydrogens is 516 g/mol. The summed E-state index contributed by atoms with van der Waals surface area (Å²) in [6.45, 7) is 6.41. The molecule has 4 atom stereocenters. The first-order chi connectivity index (χ1) is 18.7. The van der Waals surface area contributed by atoms with Crippen LogP contribution in [-0.4, -0.2) is 101 Å². The summed E-state index contributed by atoms with van der Waals surface area (Å²) >= 11 is 0. The van der Waals surface area contributed by atoms with E-state index >= 15 is 0 Å². The van der Waals surface area contributed by atoms with E-state index in [1.165, 1.54) is 0 Å². The molecule has 0 bridgehead atoms. The normalized spacial score (nSPS) is 26.3. The van der Waals surface area contributed by atoms with Crippen molar-refractivity contribution in [3.8, 4) is 5.75 Å². The molecule has 0 radical (unpaired) electrons. The highest BCUT2D eigenvalue weighted by atomic mass is 16.3. The number of hydrogen-bond acceptors (Lipinski definition) is 10. The van der Waals surface area contributed by atoms with Crippen molar-refractivity contribution >= 4 is 23.2 Å². The summed E-state index contributed by atoms with van der Waals surface area (Å²) in [5.74, 6) is -6.52. The van der Waals surface area contributed by atoms with Gasteiger partial charge in [0.05, 0.1) is 11.6 Å². The molecule has 0 heterocycles. The predicted octanol–water partition coefficient (Wildman–Crippen LogP) is 1.42. The fraction of sp³-hybridized carbons (Fsp3) is 0.552. The number of Topliss-reactive ketones (excluding diaryl/α,β-unsaturated/α-hetero) is 2. The van der Waals surface area contributed by atoms with Gasteiger partial charge in [-0.2, -0.15) is 0 Å². The molecule has 0 aliphatic heterocycles. The number of rotatable bonds is 8. The van der Waals surface area contributed by atoms with Crippen LogP contribution in [0.2, 0.25) is 0 Å². The monoisotopic (exact) mass is 556 g/mol. The molecule has 1 amide bonds. The van der Waals surface area contributed by atoms with Crippen molar-refractivity contribution in [2.24, 2.45) is 17.6 Å². The van der Waals surface area contributed by atoms with Gasteiger partial charge in [0.2, 0.25) is 5.78 Å². The number of anilines is 1. The number of likely N-dealkylation sites (N-methyl/N-ethyl adjacent to an activating group) is 1. The topological polar surface area (TPSA) is 168 Å². The summed E-state index contributed by atoms with van der Waals surface area (Å²) < 4.78 is 0. The number of aromatic hydroxyl groups is 1. The minimum Gasteiger partial charge on any atom is -0.510 e. The van der Waals surface area contributed by atoms with E-state index in [1.54, 1.807) is 25.1 Å². The van der Waals surface area contributed by atoms with Crippen molar-refractivity contribution in [2.75, 3.05) is 46.2 Å². The first-order valence-corrected chi connectivity index (χ1v) is 13.6. The number of carbonyl (C=O) groups is 3. The summed E-state index contributed by atoms with van der Waals surface area (Å²) in [5, 5.41) is 45.3. The molecule has 0 saturated heterocycles. The Balaban J connectivity index is 1.93. The third-order valence-corrected chi connectivity index (χ3v) is 8.60. The van der Waals surface area contributed by atoms with Crippen LogP contribution in [0.25, 0.3) is 0 Å². The molecule has 1 aromatic rings. The molecule has 3 aliphatic carbocycles. The number of allylic oxidation sites excluding steroid dienone is 1. The second-order valence-corrected chi connectivity index (χ2v) is 11.5. The van der Waals surface area contributed by atoms with Crippen molar-refractivity contribution in [3.05, 3.63) is 45.4 Å². The Morgan fingerprint density at radius 1 is 1.12 bits per heavy atom. The van der Waals surface area contributed by atoms with Crippen LogP contribution in [0.3, 0.4) is 0 Å². The number of nitrogens with zero attached hydrogens (tertiary/aromatic N) is 3. The number of benzene rings is 1. The number of phenolic OH excluding ortho intramolecular Hbond substituents is 1. The lowest BCUT2D eigenvalue weighted by Crippen LogP contribution is -2.63. The van der Waals surface area contributed by atoms with Gasteiger partial charge in [-0.1, -0.05) is 13.8 Å². The lowest BCUT2D eigenvalue weighted by Gasteiger charge is -2.50. The second-order valence-electron chi connectivity index (χ2n) is 11.5. The van der Waals surface area contributed by atoms with Gasteiger partial charge in [-0.05, 0) is 69.6 Å². The maximum Gasteiger partial charge on any atom is 0.255 e. The third-order valence-electron chi connectivity index (χ3n) is 8.60. The van der Waals surface area contributed by atoms with Crippen molar-refractivity contribution in [1.29, 1.82) is 0 Å². The smallest absolute Gasteiger partial charge is 0.255 e. The maximum atomic E-state index is 14.0. The number of aliphatic hydroxyl groups is 3. The van der Waals surface area contributed by atoms with Crippen LogP contribution in [0.1, 0.15) is 48.2 Å². The van der Waals surface area contributed by atoms with Gasteiger partial charge in [-0.3, -0.25) is 24.2 Å². The first kappa shape index (κ1) is 29.6. The van der Waals surface area contributed by atoms with Crippen LogP contribution in [-0.2, 0) is 22.6 Å². The summed E-state index contributed by atoms with van der Waals surface area (Å²) in [6, 6.07) is 0.549. The van der Waals surface area contributed by atoms with Crippen LogP contribution in [0.15, 0.2) is 28.7 Å². The lowest BCUT2D eigenvalue weighted by atomic mass is 9.58. The van der Waals surface area contributed by atoms with E-state index in [1.807, 2.05) is 19.0 Å². The number of primary amides is 1. The zero-order chi connectivity index (χ0) is 29.8. The van der Waals surface area contributed by atoms with E-state index in [-0.39, 0.29) is 29.7 Å². The SMILES string of the molecule is CCCN(CC)Cc1cc(O)c2c(c1N(C)C)C[C@H]1C[C@H]3[C@H](N(C)C)C(O)=C(C(N)=O)C(=O)[C@@]3(O)C(O)=C1C2=O. The third kappa shape index (κ3) is 4.27. The number of aliphatic hydroxyl groups excluding tert-OH is 2. The number of fused-ring (bicyclic) bond motifs is 3. The number of ketones is 2. The first-order valence-electron chi connectivity index (χ1n) is 13.6. The van der Waals surface area contributed by atoms with Gasteiger partial charge in [0.25, 0.3) is 5.91 Å². The highest BCUT2D eigenvalue weighted by Gasteiger charge is 2.63. The number of hydrogen-bond donors (Lipinski definition) is 5. The summed E-state index contributed by atoms with van der Waals surface area (Å²) in [4.78, 5) is 45.2. The minimum atomic E-state index is -2.65. The molecule has 40 heavy (non-hydrogen) atoms. The Morgan fingerprint density at radius 2 is 1.77 bits per heavy atom. The molecular formula is C29H40N4O7. The van der Waals surface area contributed by atoms with Gasteiger partial charge in [-0.15, -0.1) is 0 Å². The standard InChI is InChI=1S/C29H40N4O7/c1-7-9-33(8-2)13-15-12-18(34)20-16(22(15)31(3)4)10-14-11-17-23(32(5)6)25(36)21(28(30)39)27(38)29(17,40)26(37)19(14)24(20)35/h12,14,17,23,34,36-37,40H,7-11,13H2,1-6H3,(H2,30,39)/t14-,17-,23-,29-/m0/s1. The van der Waals surface area contributed by atoms with E-state index in [4.69, 9.17) is 5.73 Å². The zero-order valence-corrected chi connectivity index (χ0v) is 24.0. The number of amides is 1. The van der Waals surface area contributed by atoms with E-state index in [0.717, 1.165) is 30.8 Å².